The van der Waals surface area contributed by atoms with Gasteiger partial charge >= 0.3 is 12.0 Å². The van der Waals surface area contributed by atoms with Crippen LogP contribution in [0.15, 0.2) is 6.20 Å². The zero-order valence-corrected chi connectivity index (χ0v) is 10.7. The average molecular weight is 267 g/mol. The molecule has 2 N–H and O–H groups in total. The van der Waals surface area contributed by atoms with E-state index < -0.39 is 5.97 Å². The van der Waals surface area contributed by atoms with Crippen molar-refractivity contribution in [1.29, 1.82) is 0 Å². The van der Waals surface area contributed by atoms with E-state index in [0.717, 1.165) is 19.4 Å². The van der Waals surface area contributed by atoms with Crippen LogP contribution in [-0.4, -0.2) is 56.1 Å². The lowest BCUT2D eigenvalue weighted by Gasteiger charge is -2.21. The Kier molecular flexibility index (Phi) is 3.98. The summed E-state index contributed by atoms with van der Waals surface area (Å²) in [4.78, 5) is 24.3. The molecule has 0 spiro atoms. The SMILES string of the molecule is CC1CCCN1C(=O)NCCn1cc(C(=O)O)nn1. The first-order valence-electron chi connectivity index (χ1n) is 6.26. The summed E-state index contributed by atoms with van der Waals surface area (Å²) in [5.74, 6) is -1.11. The van der Waals surface area contributed by atoms with Gasteiger partial charge in [-0.25, -0.2) is 14.3 Å². The van der Waals surface area contributed by atoms with Crippen molar-refractivity contribution < 1.29 is 14.7 Å². The number of rotatable bonds is 4. The molecule has 1 unspecified atom stereocenters. The fraction of sp³-hybridized carbons (Fsp3) is 0.636. The number of hydrogen-bond acceptors (Lipinski definition) is 4. The molecule has 19 heavy (non-hydrogen) atoms. The van der Waals surface area contributed by atoms with Crippen LogP contribution in [0.3, 0.4) is 0 Å². The van der Waals surface area contributed by atoms with E-state index in [-0.39, 0.29) is 17.8 Å². The molecule has 1 aliphatic rings. The lowest BCUT2D eigenvalue weighted by Crippen LogP contribution is -2.42. The third kappa shape index (κ3) is 3.21. The molecule has 0 radical (unpaired) electrons. The lowest BCUT2D eigenvalue weighted by atomic mass is 10.2. The normalized spacial score (nSPS) is 18.6. The standard InChI is InChI=1S/C11H17N5O3/c1-8-3-2-5-16(8)11(19)12-4-6-15-7-9(10(17)18)13-14-15/h7-8H,2-6H2,1H3,(H,12,19)(H,17,18). The van der Waals surface area contributed by atoms with Gasteiger partial charge in [0.05, 0.1) is 12.7 Å². The molecule has 1 aliphatic heterocycles. The van der Waals surface area contributed by atoms with Gasteiger partial charge in [0.25, 0.3) is 0 Å². The van der Waals surface area contributed by atoms with E-state index in [9.17, 15) is 9.59 Å². The molecule has 1 aromatic heterocycles. The summed E-state index contributed by atoms with van der Waals surface area (Å²) < 4.78 is 1.40. The number of carboxylic acids is 1. The van der Waals surface area contributed by atoms with Crippen LogP contribution < -0.4 is 5.32 Å². The predicted octanol–water partition coefficient (Wildman–Crippen LogP) is 0.170. The molecule has 1 aromatic rings. The number of amides is 2. The van der Waals surface area contributed by atoms with Crippen LogP contribution in [0.5, 0.6) is 0 Å². The fourth-order valence-electron chi connectivity index (χ4n) is 2.12. The van der Waals surface area contributed by atoms with E-state index in [1.54, 1.807) is 0 Å². The highest BCUT2D eigenvalue weighted by Crippen LogP contribution is 2.15. The number of likely N-dealkylation sites (tertiary alicyclic amines) is 1. The maximum absolute atomic E-state index is 11.8. The maximum Gasteiger partial charge on any atom is 0.358 e. The molecule has 1 atom stereocenters. The summed E-state index contributed by atoms with van der Waals surface area (Å²) in [6.45, 7) is 3.61. The molecule has 0 aliphatic carbocycles. The number of aromatic nitrogens is 3. The number of aromatic carboxylic acids is 1. The molecular weight excluding hydrogens is 250 g/mol. The second-order valence-corrected chi connectivity index (χ2v) is 4.59. The number of nitrogens with one attached hydrogen (secondary N) is 1. The minimum atomic E-state index is -1.11. The van der Waals surface area contributed by atoms with Gasteiger partial charge in [-0.1, -0.05) is 5.21 Å². The Labute approximate surface area is 110 Å². The van der Waals surface area contributed by atoms with Gasteiger partial charge in [0.2, 0.25) is 0 Å². The van der Waals surface area contributed by atoms with Crippen molar-refractivity contribution in [3.63, 3.8) is 0 Å². The minimum Gasteiger partial charge on any atom is -0.476 e. The Morgan fingerprint density at radius 1 is 1.58 bits per heavy atom. The first-order valence-corrected chi connectivity index (χ1v) is 6.26. The van der Waals surface area contributed by atoms with Crippen LogP contribution in [0.2, 0.25) is 0 Å². The fourth-order valence-corrected chi connectivity index (χ4v) is 2.12. The highest BCUT2D eigenvalue weighted by atomic mass is 16.4. The van der Waals surface area contributed by atoms with Crippen molar-refractivity contribution >= 4 is 12.0 Å². The van der Waals surface area contributed by atoms with E-state index in [2.05, 4.69) is 15.6 Å². The summed E-state index contributed by atoms with van der Waals surface area (Å²) in [5.41, 5.74) is -0.0977. The van der Waals surface area contributed by atoms with E-state index in [1.165, 1.54) is 10.9 Å². The van der Waals surface area contributed by atoms with Gasteiger partial charge in [-0.15, -0.1) is 5.10 Å². The molecule has 1 fully saturated rings. The molecule has 2 rings (SSSR count). The summed E-state index contributed by atoms with van der Waals surface area (Å²) in [7, 11) is 0. The van der Waals surface area contributed by atoms with E-state index in [4.69, 9.17) is 5.11 Å². The Morgan fingerprint density at radius 2 is 2.37 bits per heavy atom. The maximum atomic E-state index is 11.8. The lowest BCUT2D eigenvalue weighted by molar-refractivity contribution is 0.0690. The van der Waals surface area contributed by atoms with Gasteiger partial charge < -0.3 is 15.3 Å². The average Bonchev–Trinajstić information content (AvgIpc) is 2.97. The predicted molar refractivity (Wildman–Crippen MR) is 65.8 cm³/mol. The Morgan fingerprint density at radius 3 is 2.95 bits per heavy atom. The summed E-state index contributed by atoms with van der Waals surface area (Å²) in [6, 6.07) is 0.202. The van der Waals surface area contributed by atoms with Crippen molar-refractivity contribution in [1.82, 2.24) is 25.2 Å². The minimum absolute atomic E-state index is 0.0800. The Hall–Kier alpha value is -2.12. The first kappa shape index (κ1) is 13.3. The molecule has 8 nitrogen and oxygen atoms in total. The number of hydrogen-bond donors (Lipinski definition) is 2. The molecule has 2 amide bonds. The number of nitrogens with zero attached hydrogens (tertiary/aromatic N) is 4. The largest absolute Gasteiger partial charge is 0.476 e. The highest BCUT2D eigenvalue weighted by Gasteiger charge is 2.24. The van der Waals surface area contributed by atoms with Crippen LogP contribution in [0.4, 0.5) is 4.79 Å². The van der Waals surface area contributed by atoms with Crippen LogP contribution in [-0.2, 0) is 6.54 Å². The summed E-state index contributed by atoms with van der Waals surface area (Å²) in [5, 5.41) is 18.6. The number of carbonyl (C=O) groups excluding carboxylic acids is 1. The molecule has 8 heteroatoms. The molecule has 2 heterocycles. The number of carbonyl (C=O) groups is 2. The highest BCUT2D eigenvalue weighted by molar-refractivity contribution is 5.84. The van der Waals surface area contributed by atoms with Gasteiger partial charge in [0, 0.05) is 19.1 Å². The monoisotopic (exact) mass is 267 g/mol. The zero-order valence-electron chi connectivity index (χ0n) is 10.7. The summed E-state index contributed by atoms with van der Waals surface area (Å²) >= 11 is 0. The Balaban J connectivity index is 1.76. The van der Waals surface area contributed by atoms with Gasteiger partial charge in [-0.05, 0) is 19.8 Å². The number of carboxylic acid groups (broad SMARTS) is 1. The third-order valence-corrected chi connectivity index (χ3v) is 3.19. The third-order valence-electron chi connectivity index (χ3n) is 3.19. The van der Waals surface area contributed by atoms with Crippen LogP contribution in [0.25, 0.3) is 0 Å². The topological polar surface area (TPSA) is 100 Å². The van der Waals surface area contributed by atoms with E-state index >= 15 is 0 Å². The van der Waals surface area contributed by atoms with E-state index in [1.807, 2.05) is 11.8 Å². The number of urea groups is 1. The molecular formula is C11H17N5O3. The van der Waals surface area contributed by atoms with Gasteiger partial charge in [0.15, 0.2) is 5.69 Å². The quantitative estimate of drug-likeness (QED) is 0.810. The van der Waals surface area contributed by atoms with Gasteiger partial charge in [-0.3, -0.25) is 0 Å². The van der Waals surface area contributed by atoms with Gasteiger partial charge in [0.1, 0.15) is 0 Å². The molecule has 1 saturated heterocycles. The van der Waals surface area contributed by atoms with Crippen LogP contribution in [0, 0.1) is 0 Å². The summed E-state index contributed by atoms with van der Waals surface area (Å²) in [6.07, 6.45) is 3.42. The van der Waals surface area contributed by atoms with Crippen molar-refractivity contribution in [3.05, 3.63) is 11.9 Å². The second kappa shape index (κ2) is 5.68. The van der Waals surface area contributed by atoms with E-state index in [0.29, 0.717) is 13.1 Å². The van der Waals surface area contributed by atoms with Crippen molar-refractivity contribution in [2.75, 3.05) is 13.1 Å². The molecule has 0 aromatic carbocycles. The van der Waals surface area contributed by atoms with Crippen LogP contribution in [0.1, 0.15) is 30.3 Å². The zero-order chi connectivity index (χ0) is 13.8. The first-order chi connectivity index (χ1) is 9.08. The van der Waals surface area contributed by atoms with Crippen molar-refractivity contribution in [2.45, 2.75) is 32.4 Å². The van der Waals surface area contributed by atoms with Crippen molar-refractivity contribution in [2.24, 2.45) is 0 Å². The van der Waals surface area contributed by atoms with Crippen LogP contribution >= 0.6 is 0 Å². The Bertz CT molecular complexity index is 473. The smallest absolute Gasteiger partial charge is 0.358 e. The molecule has 0 bridgehead atoms. The molecule has 0 saturated carbocycles. The second-order valence-electron chi connectivity index (χ2n) is 4.59. The van der Waals surface area contributed by atoms with Gasteiger partial charge in [-0.2, -0.15) is 0 Å². The molecule has 104 valence electrons. The van der Waals surface area contributed by atoms with Crippen molar-refractivity contribution in [3.8, 4) is 0 Å².